The number of nitrogens with one attached hydrogen (secondary N) is 1. The van der Waals surface area contributed by atoms with E-state index < -0.39 is 40.4 Å². The van der Waals surface area contributed by atoms with Crippen LogP contribution < -0.4 is 15.1 Å². The Morgan fingerprint density at radius 2 is 2.12 bits per heavy atom. The van der Waals surface area contributed by atoms with Crippen molar-refractivity contribution in [2.24, 2.45) is 11.0 Å². The van der Waals surface area contributed by atoms with E-state index in [4.69, 9.17) is 9.47 Å². The number of benzene rings is 1. The summed E-state index contributed by atoms with van der Waals surface area (Å²) in [5, 5.41) is 15.1. The predicted molar refractivity (Wildman–Crippen MR) is 86.6 cm³/mol. The van der Waals surface area contributed by atoms with Crippen molar-refractivity contribution in [1.29, 1.82) is 0 Å². The molecule has 2 heterocycles. The van der Waals surface area contributed by atoms with E-state index in [1.54, 1.807) is 6.92 Å². The molecule has 2 aliphatic heterocycles. The molecule has 2 amide bonds. The molecular formula is C15H14N4O7. The number of nitrogens with zero attached hydrogens (tertiary/aromatic N) is 3. The number of amides is 2. The minimum Gasteiger partial charge on any atom is -0.496 e. The van der Waals surface area contributed by atoms with Crippen LogP contribution in [0.2, 0.25) is 0 Å². The van der Waals surface area contributed by atoms with Crippen LogP contribution in [0.15, 0.2) is 23.3 Å². The van der Waals surface area contributed by atoms with Gasteiger partial charge in [-0.05, 0) is 19.1 Å². The molecule has 136 valence electrons. The number of anilines is 1. The van der Waals surface area contributed by atoms with Gasteiger partial charge in [-0.2, -0.15) is 5.10 Å². The van der Waals surface area contributed by atoms with Gasteiger partial charge in [0, 0.05) is 0 Å². The maximum atomic E-state index is 12.8. The number of hydrogen-bond donors (Lipinski definition) is 1. The molecule has 0 saturated carbocycles. The molecule has 2 aliphatic rings. The number of nitro benzene ring substituents is 1. The molecule has 2 atom stereocenters. The van der Waals surface area contributed by atoms with Crippen LogP contribution >= 0.6 is 0 Å². The van der Waals surface area contributed by atoms with Gasteiger partial charge in [0.2, 0.25) is 5.91 Å². The fourth-order valence-electron chi connectivity index (χ4n) is 2.87. The van der Waals surface area contributed by atoms with Gasteiger partial charge in [-0.1, -0.05) is 0 Å². The monoisotopic (exact) mass is 362 g/mol. The molecule has 11 nitrogen and oxygen atoms in total. The second-order valence-electron chi connectivity index (χ2n) is 5.43. The number of methoxy groups -OCH3 is 1. The number of rotatable bonds is 5. The molecule has 1 fully saturated rings. The lowest BCUT2D eigenvalue weighted by Crippen LogP contribution is -2.36. The summed E-state index contributed by atoms with van der Waals surface area (Å²) in [4.78, 5) is 48.6. The third-order valence-corrected chi connectivity index (χ3v) is 4.03. The number of fused-ring (bicyclic) bond motifs is 1. The van der Waals surface area contributed by atoms with Crippen LogP contribution in [0.1, 0.15) is 6.92 Å². The van der Waals surface area contributed by atoms with E-state index in [9.17, 15) is 24.5 Å². The van der Waals surface area contributed by atoms with E-state index in [1.165, 1.54) is 19.2 Å². The summed E-state index contributed by atoms with van der Waals surface area (Å²) in [5.41, 5.74) is 1.54. The van der Waals surface area contributed by atoms with Crippen LogP contribution in [0.4, 0.5) is 11.4 Å². The number of carbonyl (C=O) groups excluding carboxylic acids is 3. The second kappa shape index (κ2) is 6.43. The van der Waals surface area contributed by atoms with Crippen LogP contribution in [0.25, 0.3) is 0 Å². The molecule has 1 aromatic carbocycles. The zero-order chi connectivity index (χ0) is 19.0. The van der Waals surface area contributed by atoms with E-state index >= 15 is 0 Å². The van der Waals surface area contributed by atoms with Gasteiger partial charge in [-0.3, -0.25) is 25.1 Å². The summed E-state index contributed by atoms with van der Waals surface area (Å²) in [6.45, 7) is 1.66. The Morgan fingerprint density at radius 3 is 2.73 bits per heavy atom. The molecule has 26 heavy (non-hydrogen) atoms. The van der Waals surface area contributed by atoms with Crippen molar-refractivity contribution in [3.63, 3.8) is 0 Å². The average Bonchev–Trinajstić information content (AvgIpc) is 3.15. The molecule has 1 saturated heterocycles. The Hall–Kier alpha value is -3.50. The van der Waals surface area contributed by atoms with Crippen molar-refractivity contribution in [2.45, 2.75) is 13.0 Å². The van der Waals surface area contributed by atoms with Crippen molar-refractivity contribution in [2.75, 3.05) is 18.6 Å². The first kappa shape index (κ1) is 17.3. The number of imide groups is 1. The number of carbonyl (C=O) groups is 3. The molecule has 0 bridgehead atoms. The normalized spacial score (nSPS) is 21.2. The third-order valence-electron chi connectivity index (χ3n) is 4.03. The van der Waals surface area contributed by atoms with Crippen LogP contribution in [-0.2, 0) is 19.1 Å². The van der Waals surface area contributed by atoms with Crippen LogP contribution in [-0.4, -0.2) is 48.2 Å². The number of nitro groups is 1. The quantitative estimate of drug-likeness (QED) is 0.333. The highest BCUT2D eigenvalue weighted by Crippen LogP contribution is 2.37. The van der Waals surface area contributed by atoms with E-state index in [0.29, 0.717) is 4.90 Å². The molecule has 0 aromatic heterocycles. The first-order valence-electron chi connectivity index (χ1n) is 7.61. The SMILES string of the molecule is CCOC(=O)C1=NN[C@H]2C(=O)N(c3ccc(OC)cc3[N+](=O)[O-])C(=O)[C@@H]12. The average molecular weight is 362 g/mol. The van der Waals surface area contributed by atoms with Crippen LogP contribution in [0, 0.1) is 16.0 Å². The van der Waals surface area contributed by atoms with E-state index in [2.05, 4.69) is 10.5 Å². The third kappa shape index (κ3) is 2.53. The Morgan fingerprint density at radius 1 is 1.38 bits per heavy atom. The molecule has 1 aromatic rings. The summed E-state index contributed by atoms with van der Waals surface area (Å²) < 4.78 is 9.78. The lowest BCUT2D eigenvalue weighted by Gasteiger charge is -2.16. The fourth-order valence-corrected chi connectivity index (χ4v) is 2.87. The maximum absolute atomic E-state index is 12.8. The molecule has 0 spiro atoms. The summed E-state index contributed by atoms with van der Waals surface area (Å²) in [6.07, 6.45) is 0. The standard InChI is InChI=1S/C15H14N4O7/c1-3-26-15(22)12-10-11(16-17-12)14(21)18(13(10)20)8-5-4-7(25-2)6-9(8)19(23)24/h4-6,10-11,16H,3H2,1-2H3/t10-,11-/m1/s1. The van der Waals surface area contributed by atoms with Gasteiger partial charge in [0.25, 0.3) is 11.6 Å². The van der Waals surface area contributed by atoms with Crippen molar-refractivity contribution in [3.05, 3.63) is 28.3 Å². The van der Waals surface area contributed by atoms with Crippen molar-refractivity contribution in [1.82, 2.24) is 5.43 Å². The Labute approximate surface area is 146 Å². The number of ether oxygens (including phenoxy) is 2. The number of hydrogen-bond acceptors (Lipinski definition) is 9. The van der Waals surface area contributed by atoms with Gasteiger partial charge in [0.05, 0.1) is 24.7 Å². The summed E-state index contributed by atoms with van der Waals surface area (Å²) in [5.74, 6) is -3.34. The molecule has 0 radical (unpaired) electrons. The highest BCUT2D eigenvalue weighted by atomic mass is 16.6. The Bertz CT molecular complexity index is 850. The molecule has 3 rings (SSSR count). The Balaban J connectivity index is 2.00. The first-order chi connectivity index (χ1) is 12.4. The minimum absolute atomic E-state index is 0.0744. The highest BCUT2D eigenvalue weighted by Gasteiger charge is 2.56. The number of esters is 1. The summed E-state index contributed by atoms with van der Waals surface area (Å²) >= 11 is 0. The lowest BCUT2D eigenvalue weighted by molar-refractivity contribution is -0.384. The molecule has 0 aliphatic carbocycles. The maximum Gasteiger partial charge on any atom is 0.355 e. The molecule has 0 unspecified atom stereocenters. The summed E-state index contributed by atoms with van der Waals surface area (Å²) in [7, 11) is 1.33. The van der Waals surface area contributed by atoms with Crippen LogP contribution in [0.3, 0.4) is 0 Å². The summed E-state index contributed by atoms with van der Waals surface area (Å²) in [6, 6.07) is 2.64. The van der Waals surface area contributed by atoms with Crippen molar-refractivity contribution in [3.8, 4) is 5.75 Å². The van der Waals surface area contributed by atoms with Crippen molar-refractivity contribution < 1.29 is 28.8 Å². The van der Waals surface area contributed by atoms with Crippen molar-refractivity contribution >= 4 is 34.9 Å². The van der Waals surface area contributed by atoms with Crippen LogP contribution in [0.5, 0.6) is 5.75 Å². The Kier molecular flexibility index (Phi) is 4.28. The smallest absolute Gasteiger partial charge is 0.355 e. The molecular weight excluding hydrogens is 348 g/mol. The van der Waals surface area contributed by atoms with Gasteiger partial charge in [-0.15, -0.1) is 0 Å². The highest BCUT2D eigenvalue weighted by molar-refractivity contribution is 6.46. The minimum atomic E-state index is -1.19. The van der Waals surface area contributed by atoms with Gasteiger partial charge in [0.15, 0.2) is 5.71 Å². The first-order valence-corrected chi connectivity index (χ1v) is 7.61. The zero-order valence-corrected chi connectivity index (χ0v) is 13.8. The van der Waals surface area contributed by atoms with Gasteiger partial charge >= 0.3 is 5.97 Å². The molecule has 1 N–H and O–H groups in total. The number of hydrazone groups is 1. The molecule has 11 heteroatoms. The van der Waals surface area contributed by atoms with Gasteiger partial charge in [0.1, 0.15) is 23.4 Å². The second-order valence-corrected chi connectivity index (χ2v) is 5.43. The van der Waals surface area contributed by atoms with Gasteiger partial charge < -0.3 is 9.47 Å². The lowest BCUT2D eigenvalue weighted by atomic mass is 9.99. The fraction of sp³-hybridized carbons (Fsp3) is 0.333. The topological polar surface area (TPSA) is 140 Å². The zero-order valence-electron chi connectivity index (χ0n) is 13.8. The largest absolute Gasteiger partial charge is 0.496 e. The van der Waals surface area contributed by atoms with E-state index in [0.717, 1.165) is 6.07 Å². The van der Waals surface area contributed by atoms with E-state index in [1.807, 2.05) is 0 Å². The van der Waals surface area contributed by atoms with Gasteiger partial charge in [-0.25, -0.2) is 9.69 Å². The van der Waals surface area contributed by atoms with E-state index in [-0.39, 0.29) is 23.8 Å². The predicted octanol–water partition coefficient (Wildman–Crippen LogP) is -0.0163.